The third-order valence-electron chi connectivity index (χ3n) is 3.03. The number of aliphatic hydroxyl groups is 1. The van der Waals surface area contributed by atoms with Gasteiger partial charge in [0.05, 0.1) is 6.10 Å². The zero-order valence-electron chi connectivity index (χ0n) is 8.16. The third-order valence-corrected chi connectivity index (χ3v) is 4.12. The van der Waals surface area contributed by atoms with Gasteiger partial charge in [-0.25, -0.2) is 0 Å². The Labute approximate surface area is 83.4 Å². The second-order valence-corrected chi connectivity index (χ2v) is 5.06. The minimum atomic E-state index is -0.229. The summed E-state index contributed by atoms with van der Waals surface area (Å²) in [4.78, 5) is 1.17. The first kappa shape index (κ1) is 9.22. The Hall–Kier alpha value is -0.340. The molecule has 1 fully saturated rings. The lowest BCUT2D eigenvalue weighted by atomic mass is 9.97. The Balaban J connectivity index is 2.11. The number of thiophene rings is 1. The Bertz CT molecular complexity index is 288. The highest BCUT2D eigenvalue weighted by atomic mass is 32.1. The summed E-state index contributed by atoms with van der Waals surface area (Å²) in [5, 5.41) is 12.1. The van der Waals surface area contributed by atoms with Crippen LogP contribution in [0.1, 0.15) is 36.3 Å². The van der Waals surface area contributed by atoms with Gasteiger partial charge in [-0.2, -0.15) is 0 Å². The topological polar surface area (TPSA) is 20.2 Å². The summed E-state index contributed by atoms with van der Waals surface area (Å²) in [6.45, 7) is 4.25. The lowest BCUT2D eigenvalue weighted by molar-refractivity contribution is 0.109. The summed E-state index contributed by atoms with van der Waals surface area (Å²) in [6.07, 6.45) is 2.39. The number of hydrogen-bond acceptors (Lipinski definition) is 2. The lowest BCUT2D eigenvalue weighted by Gasteiger charge is -2.17. The minimum Gasteiger partial charge on any atom is -0.387 e. The van der Waals surface area contributed by atoms with Crippen molar-refractivity contribution >= 4 is 11.3 Å². The molecular weight excluding hydrogens is 180 g/mol. The molecule has 1 saturated carbocycles. The lowest BCUT2D eigenvalue weighted by Crippen LogP contribution is -2.10. The van der Waals surface area contributed by atoms with E-state index in [9.17, 15) is 5.11 Å². The van der Waals surface area contributed by atoms with E-state index in [0.717, 1.165) is 5.92 Å². The van der Waals surface area contributed by atoms with Gasteiger partial charge in [0.15, 0.2) is 0 Å². The Kier molecular flexibility index (Phi) is 2.43. The molecule has 1 aliphatic rings. The van der Waals surface area contributed by atoms with Crippen molar-refractivity contribution in [2.45, 2.75) is 32.8 Å². The summed E-state index contributed by atoms with van der Waals surface area (Å²) in [5.74, 6) is 1.22. The van der Waals surface area contributed by atoms with E-state index in [-0.39, 0.29) is 6.10 Å². The fourth-order valence-corrected chi connectivity index (χ4v) is 2.83. The first-order valence-corrected chi connectivity index (χ1v) is 5.80. The second-order valence-electron chi connectivity index (χ2n) is 4.11. The second kappa shape index (κ2) is 3.43. The van der Waals surface area contributed by atoms with Gasteiger partial charge in [0.2, 0.25) is 0 Å². The Morgan fingerprint density at radius 3 is 2.69 bits per heavy atom. The SMILES string of the molecule is Cc1ccsc1C(O)C(C)C1CC1. The first-order valence-electron chi connectivity index (χ1n) is 4.92. The molecule has 1 aromatic rings. The van der Waals surface area contributed by atoms with Crippen molar-refractivity contribution in [3.05, 3.63) is 21.9 Å². The molecule has 0 bridgehead atoms. The Morgan fingerprint density at radius 2 is 2.23 bits per heavy atom. The molecule has 2 unspecified atom stereocenters. The summed E-state index contributed by atoms with van der Waals surface area (Å²) < 4.78 is 0. The number of rotatable bonds is 3. The monoisotopic (exact) mass is 196 g/mol. The van der Waals surface area contributed by atoms with Gasteiger partial charge in [0.25, 0.3) is 0 Å². The molecule has 13 heavy (non-hydrogen) atoms. The van der Waals surface area contributed by atoms with Crippen LogP contribution in [0.2, 0.25) is 0 Å². The molecule has 72 valence electrons. The molecule has 0 spiro atoms. The van der Waals surface area contributed by atoms with Crippen LogP contribution in [-0.2, 0) is 0 Å². The Morgan fingerprint density at radius 1 is 1.54 bits per heavy atom. The van der Waals surface area contributed by atoms with Crippen molar-refractivity contribution in [3.8, 4) is 0 Å². The van der Waals surface area contributed by atoms with Gasteiger partial charge >= 0.3 is 0 Å². The molecule has 1 aromatic heterocycles. The quantitative estimate of drug-likeness (QED) is 0.787. The van der Waals surface area contributed by atoms with Crippen molar-refractivity contribution in [3.63, 3.8) is 0 Å². The molecule has 2 heteroatoms. The van der Waals surface area contributed by atoms with Crippen molar-refractivity contribution < 1.29 is 5.11 Å². The molecule has 0 aromatic carbocycles. The van der Waals surface area contributed by atoms with E-state index >= 15 is 0 Å². The molecule has 2 atom stereocenters. The normalized spacial score (nSPS) is 21.5. The van der Waals surface area contributed by atoms with Crippen LogP contribution >= 0.6 is 11.3 Å². The maximum atomic E-state index is 10.1. The van der Waals surface area contributed by atoms with Gasteiger partial charge < -0.3 is 5.11 Å². The zero-order chi connectivity index (χ0) is 9.42. The van der Waals surface area contributed by atoms with E-state index in [4.69, 9.17) is 0 Å². The van der Waals surface area contributed by atoms with E-state index in [0.29, 0.717) is 5.92 Å². The van der Waals surface area contributed by atoms with Gasteiger partial charge in [-0.3, -0.25) is 0 Å². The van der Waals surface area contributed by atoms with Crippen LogP contribution < -0.4 is 0 Å². The first-order chi connectivity index (χ1) is 6.20. The van der Waals surface area contributed by atoms with Crippen LogP contribution in [0.5, 0.6) is 0 Å². The molecule has 0 amide bonds. The van der Waals surface area contributed by atoms with Gasteiger partial charge in [-0.05, 0) is 48.6 Å². The van der Waals surface area contributed by atoms with Crippen molar-refractivity contribution in [2.75, 3.05) is 0 Å². The van der Waals surface area contributed by atoms with Crippen molar-refractivity contribution in [2.24, 2.45) is 11.8 Å². The van der Waals surface area contributed by atoms with E-state index < -0.39 is 0 Å². The van der Waals surface area contributed by atoms with Gasteiger partial charge in [-0.15, -0.1) is 11.3 Å². The number of hydrogen-bond donors (Lipinski definition) is 1. The van der Waals surface area contributed by atoms with E-state index in [2.05, 4.69) is 25.3 Å². The summed E-state index contributed by atoms with van der Waals surface area (Å²) in [7, 11) is 0. The standard InChI is InChI=1S/C11H16OS/c1-7-5-6-13-11(7)10(12)8(2)9-3-4-9/h5-6,8-10,12H,3-4H2,1-2H3. The average molecular weight is 196 g/mol. The predicted molar refractivity (Wildman–Crippen MR) is 55.9 cm³/mol. The maximum absolute atomic E-state index is 10.1. The molecular formula is C11H16OS. The third kappa shape index (κ3) is 1.79. The predicted octanol–water partition coefficient (Wildman–Crippen LogP) is 3.14. The molecule has 1 nitrogen and oxygen atoms in total. The maximum Gasteiger partial charge on any atom is 0.0912 e. The van der Waals surface area contributed by atoms with Crippen LogP contribution in [0.15, 0.2) is 11.4 Å². The summed E-state index contributed by atoms with van der Waals surface area (Å²) >= 11 is 1.68. The zero-order valence-corrected chi connectivity index (χ0v) is 8.97. The highest BCUT2D eigenvalue weighted by molar-refractivity contribution is 7.10. The largest absolute Gasteiger partial charge is 0.387 e. The van der Waals surface area contributed by atoms with Crippen LogP contribution in [0.25, 0.3) is 0 Å². The number of aliphatic hydroxyl groups excluding tert-OH is 1. The summed E-state index contributed by atoms with van der Waals surface area (Å²) in [6, 6.07) is 2.09. The summed E-state index contributed by atoms with van der Waals surface area (Å²) in [5.41, 5.74) is 1.24. The van der Waals surface area contributed by atoms with E-state index in [1.54, 1.807) is 11.3 Å². The molecule has 0 saturated heterocycles. The van der Waals surface area contributed by atoms with Crippen LogP contribution in [0.4, 0.5) is 0 Å². The minimum absolute atomic E-state index is 0.229. The molecule has 0 aliphatic heterocycles. The van der Waals surface area contributed by atoms with Crippen molar-refractivity contribution in [1.29, 1.82) is 0 Å². The van der Waals surface area contributed by atoms with Crippen LogP contribution in [0.3, 0.4) is 0 Å². The average Bonchev–Trinajstić information content (AvgIpc) is 2.87. The smallest absolute Gasteiger partial charge is 0.0912 e. The fraction of sp³-hybridized carbons (Fsp3) is 0.636. The van der Waals surface area contributed by atoms with Gasteiger partial charge in [0.1, 0.15) is 0 Å². The fourth-order valence-electron chi connectivity index (χ4n) is 1.81. The molecule has 1 N–H and O–H groups in total. The molecule has 1 heterocycles. The van der Waals surface area contributed by atoms with E-state index in [1.807, 2.05) is 0 Å². The molecule has 0 radical (unpaired) electrons. The molecule has 2 rings (SSSR count). The van der Waals surface area contributed by atoms with Gasteiger partial charge in [0, 0.05) is 4.88 Å². The molecule has 1 aliphatic carbocycles. The highest BCUT2D eigenvalue weighted by Gasteiger charge is 2.33. The number of aryl methyl sites for hydroxylation is 1. The van der Waals surface area contributed by atoms with Crippen LogP contribution in [-0.4, -0.2) is 5.11 Å². The van der Waals surface area contributed by atoms with Crippen LogP contribution in [0, 0.1) is 18.8 Å². The van der Waals surface area contributed by atoms with E-state index in [1.165, 1.54) is 23.3 Å². The van der Waals surface area contributed by atoms with Gasteiger partial charge in [-0.1, -0.05) is 6.92 Å². The van der Waals surface area contributed by atoms with Crippen molar-refractivity contribution in [1.82, 2.24) is 0 Å². The highest BCUT2D eigenvalue weighted by Crippen LogP contribution is 2.44.